The molecule has 11 heteroatoms. The summed E-state index contributed by atoms with van der Waals surface area (Å²) in [6.07, 6.45) is -1.59. The first kappa shape index (κ1) is 27.7. The predicted molar refractivity (Wildman–Crippen MR) is 115 cm³/mol. The highest BCUT2D eigenvalue weighted by molar-refractivity contribution is 6.30. The molecule has 0 atom stereocenters. The highest BCUT2D eigenvalue weighted by Gasteiger charge is 2.38. The molecule has 2 amide bonds. The number of nitrogens with zero attached hydrogens (tertiary/aromatic N) is 2. The summed E-state index contributed by atoms with van der Waals surface area (Å²) in [6, 6.07) is 7.01. The Morgan fingerprint density at radius 1 is 1.16 bits per heavy atom. The average molecular weight is 480 g/mol. The summed E-state index contributed by atoms with van der Waals surface area (Å²) in [6.45, 7) is 6.44. The smallest absolute Gasteiger partial charge is 0.475 e. The van der Waals surface area contributed by atoms with Crippen molar-refractivity contribution >= 4 is 29.4 Å². The SMILES string of the molecule is CCCCCN(CCC(=O)N1CCNCC1)C(=O)c1cccc(Cl)c1.O=C(O)C(F)(F)F. The van der Waals surface area contributed by atoms with E-state index in [-0.39, 0.29) is 11.8 Å². The first-order valence-corrected chi connectivity index (χ1v) is 10.8. The van der Waals surface area contributed by atoms with E-state index in [9.17, 15) is 22.8 Å². The minimum absolute atomic E-state index is 0.0493. The number of nitrogens with one attached hydrogen (secondary N) is 1. The minimum Gasteiger partial charge on any atom is -0.475 e. The van der Waals surface area contributed by atoms with Gasteiger partial charge in [-0.3, -0.25) is 9.59 Å². The van der Waals surface area contributed by atoms with Crippen molar-refractivity contribution in [3.8, 4) is 0 Å². The van der Waals surface area contributed by atoms with E-state index in [4.69, 9.17) is 21.5 Å². The lowest BCUT2D eigenvalue weighted by atomic mass is 10.1. The number of piperazine rings is 1. The Labute approximate surface area is 190 Å². The van der Waals surface area contributed by atoms with E-state index in [1.54, 1.807) is 29.2 Å². The second-order valence-electron chi connectivity index (χ2n) is 7.19. The van der Waals surface area contributed by atoms with Gasteiger partial charge in [-0.2, -0.15) is 13.2 Å². The summed E-state index contributed by atoms with van der Waals surface area (Å²) >= 11 is 6.01. The maximum absolute atomic E-state index is 12.8. The van der Waals surface area contributed by atoms with Crippen molar-refractivity contribution < 1.29 is 32.7 Å². The zero-order valence-electron chi connectivity index (χ0n) is 18.0. The van der Waals surface area contributed by atoms with Crippen LogP contribution >= 0.6 is 11.6 Å². The van der Waals surface area contributed by atoms with Crippen molar-refractivity contribution in [1.82, 2.24) is 15.1 Å². The number of aliphatic carboxylic acids is 1. The monoisotopic (exact) mass is 479 g/mol. The molecule has 0 unspecified atom stereocenters. The van der Waals surface area contributed by atoms with E-state index in [1.165, 1.54) is 0 Å². The molecule has 0 bridgehead atoms. The zero-order valence-corrected chi connectivity index (χ0v) is 18.7. The molecule has 1 aliphatic heterocycles. The highest BCUT2D eigenvalue weighted by Crippen LogP contribution is 2.14. The molecule has 7 nitrogen and oxygen atoms in total. The fraction of sp³-hybridized carbons (Fsp3) is 0.571. The summed E-state index contributed by atoms with van der Waals surface area (Å²) in [5.41, 5.74) is 0.582. The molecule has 0 saturated carbocycles. The first-order valence-electron chi connectivity index (χ1n) is 10.4. The van der Waals surface area contributed by atoms with Gasteiger partial charge < -0.3 is 20.2 Å². The number of unbranched alkanes of at least 4 members (excludes halogenated alkanes) is 2. The van der Waals surface area contributed by atoms with Crippen LogP contribution < -0.4 is 5.32 Å². The lowest BCUT2D eigenvalue weighted by Crippen LogP contribution is -2.47. The van der Waals surface area contributed by atoms with Gasteiger partial charge in [-0.25, -0.2) is 4.79 Å². The maximum Gasteiger partial charge on any atom is 0.490 e. The number of carboxylic acids is 1. The zero-order chi connectivity index (χ0) is 24.1. The van der Waals surface area contributed by atoms with E-state index in [2.05, 4.69) is 12.2 Å². The molecule has 1 heterocycles. The lowest BCUT2D eigenvalue weighted by Gasteiger charge is -2.29. The number of carboxylic acid groups (broad SMARTS) is 1. The molecular formula is C21H29ClF3N3O4. The standard InChI is InChI=1S/C19H28ClN3O2.C2HF3O2/c1-2-3-4-11-23(19(25)16-6-5-7-17(20)15-16)12-8-18(24)22-13-9-21-10-14-22;3-2(4,5)1(6)7/h5-7,15,21H,2-4,8-14H2,1H3;(H,6,7). The van der Waals surface area contributed by atoms with Gasteiger partial charge in [-0.1, -0.05) is 37.4 Å². The third-order valence-electron chi connectivity index (χ3n) is 4.70. The Kier molecular flexibility index (Phi) is 12.1. The predicted octanol–water partition coefficient (Wildman–Crippen LogP) is 3.43. The van der Waals surface area contributed by atoms with Gasteiger partial charge in [-0.15, -0.1) is 0 Å². The fourth-order valence-corrected chi connectivity index (χ4v) is 3.16. The van der Waals surface area contributed by atoms with Crippen molar-refractivity contribution in [2.24, 2.45) is 0 Å². The van der Waals surface area contributed by atoms with Gasteiger partial charge in [0.15, 0.2) is 0 Å². The summed E-state index contributed by atoms with van der Waals surface area (Å²) in [7, 11) is 0. The molecule has 0 aliphatic carbocycles. The lowest BCUT2D eigenvalue weighted by molar-refractivity contribution is -0.192. The van der Waals surface area contributed by atoms with Crippen molar-refractivity contribution in [1.29, 1.82) is 0 Å². The molecule has 0 aromatic heterocycles. The van der Waals surface area contributed by atoms with Crippen LogP contribution in [0.1, 0.15) is 43.0 Å². The molecule has 1 aliphatic rings. The van der Waals surface area contributed by atoms with E-state index in [0.717, 1.165) is 45.4 Å². The number of benzene rings is 1. The van der Waals surface area contributed by atoms with Gasteiger partial charge in [0.05, 0.1) is 0 Å². The van der Waals surface area contributed by atoms with Crippen LogP contribution in [0.5, 0.6) is 0 Å². The van der Waals surface area contributed by atoms with Crippen LogP contribution in [-0.2, 0) is 9.59 Å². The van der Waals surface area contributed by atoms with Crippen molar-refractivity contribution in [3.05, 3.63) is 34.9 Å². The number of carbonyl (C=O) groups is 3. The normalized spacial score (nSPS) is 13.7. The van der Waals surface area contributed by atoms with Gasteiger partial charge in [0.2, 0.25) is 5.91 Å². The number of hydrogen-bond donors (Lipinski definition) is 2. The third kappa shape index (κ3) is 10.3. The van der Waals surface area contributed by atoms with Crippen LogP contribution in [0.15, 0.2) is 24.3 Å². The van der Waals surface area contributed by atoms with Crippen LogP contribution in [-0.4, -0.2) is 78.1 Å². The molecule has 180 valence electrons. The molecule has 32 heavy (non-hydrogen) atoms. The second kappa shape index (κ2) is 13.9. The molecule has 0 radical (unpaired) electrons. The largest absolute Gasteiger partial charge is 0.490 e. The third-order valence-corrected chi connectivity index (χ3v) is 4.93. The maximum atomic E-state index is 12.8. The molecule has 1 saturated heterocycles. The van der Waals surface area contributed by atoms with Crippen LogP contribution in [0.25, 0.3) is 0 Å². The van der Waals surface area contributed by atoms with Crippen LogP contribution in [0.3, 0.4) is 0 Å². The van der Waals surface area contributed by atoms with Crippen LogP contribution in [0.4, 0.5) is 13.2 Å². The Bertz CT molecular complexity index is 756. The number of rotatable bonds is 8. The Hall–Kier alpha value is -2.33. The summed E-state index contributed by atoms with van der Waals surface area (Å²) in [4.78, 5) is 37.8. The minimum atomic E-state index is -5.08. The molecular weight excluding hydrogens is 451 g/mol. The molecule has 1 fully saturated rings. The molecule has 2 N–H and O–H groups in total. The Balaban J connectivity index is 0.000000633. The number of carbonyl (C=O) groups excluding carboxylic acids is 2. The number of hydrogen-bond acceptors (Lipinski definition) is 4. The van der Waals surface area contributed by atoms with Gasteiger partial charge in [-0.05, 0) is 24.6 Å². The highest BCUT2D eigenvalue weighted by atomic mass is 35.5. The van der Waals surface area contributed by atoms with E-state index >= 15 is 0 Å². The number of alkyl halides is 3. The van der Waals surface area contributed by atoms with Gasteiger partial charge >= 0.3 is 12.1 Å². The first-order chi connectivity index (χ1) is 15.1. The molecule has 0 spiro atoms. The van der Waals surface area contributed by atoms with Crippen LogP contribution in [0.2, 0.25) is 5.02 Å². The number of halogens is 4. The van der Waals surface area contributed by atoms with Crippen LogP contribution in [0, 0.1) is 0 Å². The Morgan fingerprint density at radius 2 is 1.78 bits per heavy atom. The summed E-state index contributed by atoms with van der Waals surface area (Å²) in [5, 5.41) is 10.9. The quantitative estimate of drug-likeness (QED) is 0.558. The van der Waals surface area contributed by atoms with Gasteiger partial charge in [0.25, 0.3) is 5.91 Å². The summed E-state index contributed by atoms with van der Waals surface area (Å²) < 4.78 is 31.7. The topological polar surface area (TPSA) is 90.0 Å². The second-order valence-corrected chi connectivity index (χ2v) is 7.63. The van der Waals surface area contributed by atoms with Gasteiger partial charge in [0.1, 0.15) is 0 Å². The van der Waals surface area contributed by atoms with Crippen molar-refractivity contribution in [2.75, 3.05) is 39.3 Å². The van der Waals surface area contributed by atoms with E-state index in [1.807, 2.05) is 4.90 Å². The number of amides is 2. The van der Waals surface area contributed by atoms with Gasteiger partial charge in [0, 0.05) is 56.3 Å². The average Bonchev–Trinajstić information content (AvgIpc) is 2.76. The van der Waals surface area contributed by atoms with Crippen molar-refractivity contribution in [3.63, 3.8) is 0 Å². The van der Waals surface area contributed by atoms with E-state index < -0.39 is 12.1 Å². The summed E-state index contributed by atoms with van der Waals surface area (Å²) in [5.74, 6) is -2.68. The Morgan fingerprint density at radius 3 is 2.31 bits per heavy atom. The molecule has 1 aromatic carbocycles. The van der Waals surface area contributed by atoms with Crippen molar-refractivity contribution in [2.45, 2.75) is 38.8 Å². The fourth-order valence-electron chi connectivity index (χ4n) is 2.97. The molecule has 2 rings (SSSR count). The van der Waals surface area contributed by atoms with E-state index in [0.29, 0.717) is 30.1 Å². The molecule has 1 aromatic rings.